The molecule has 1 aliphatic rings. The molecule has 2 aromatic rings. The summed E-state index contributed by atoms with van der Waals surface area (Å²) in [6.07, 6.45) is 4.82. The van der Waals surface area contributed by atoms with Gasteiger partial charge in [0.05, 0.1) is 13.7 Å². The maximum Gasteiger partial charge on any atom is 0.247 e. The van der Waals surface area contributed by atoms with Gasteiger partial charge in [-0.05, 0) is 67.3 Å². The first-order valence-corrected chi connectivity index (χ1v) is 13.5. The lowest BCUT2D eigenvalue weighted by molar-refractivity contribution is -0.140. The summed E-state index contributed by atoms with van der Waals surface area (Å²) in [7, 11) is 1.56. The maximum absolute atomic E-state index is 13.8. The van der Waals surface area contributed by atoms with Gasteiger partial charge >= 0.3 is 0 Å². The number of hydrogen-bond acceptors (Lipinski definition) is 4. The van der Waals surface area contributed by atoms with Crippen LogP contribution in [0.2, 0.25) is 5.02 Å². The Balaban J connectivity index is 2.00. The number of methoxy groups -OCH3 is 1. The van der Waals surface area contributed by atoms with E-state index in [0.717, 1.165) is 37.7 Å². The average Bonchev–Trinajstić information content (AvgIpc) is 2.89. The average molecular weight is 536 g/mol. The van der Waals surface area contributed by atoms with Gasteiger partial charge in [-0.15, -0.1) is 11.6 Å². The molecule has 3 rings (SSSR count). The lowest BCUT2D eigenvalue weighted by atomic mass is 9.87. The molecule has 6 nitrogen and oxygen atoms in total. The molecule has 1 fully saturated rings. The number of amides is 2. The van der Waals surface area contributed by atoms with Gasteiger partial charge in [0.1, 0.15) is 11.9 Å². The topological polar surface area (TPSA) is 67.9 Å². The highest BCUT2D eigenvalue weighted by molar-refractivity contribution is 6.31. The molecule has 1 aliphatic carbocycles. The van der Waals surface area contributed by atoms with Crippen molar-refractivity contribution < 1.29 is 19.1 Å². The number of hydrogen-bond donors (Lipinski definition) is 1. The van der Waals surface area contributed by atoms with Crippen LogP contribution in [0, 0.1) is 5.92 Å². The normalized spacial score (nSPS) is 18.2. The Morgan fingerprint density at radius 3 is 2.47 bits per heavy atom. The Bertz CT molecular complexity index is 1020. The molecule has 1 atom stereocenters. The third kappa shape index (κ3) is 7.30. The quantitative estimate of drug-likeness (QED) is 0.351. The third-order valence-electron chi connectivity index (χ3n) is 6.62. The van der Waals surface area contributed by atoms with Crippen LogP contribution in [0.15, 0.2) is 42.5 Å². The first-order valence-electron chi connectivity index (χ1n) is 12.6. The Hall–Kier alpha value is -2.44. The van der Waals surface area contributed by atoms with Crippen LogP contribution in [0.3, 0.4) is 0 Å². The summed E-state index contributed by atoms with van der Waals surface area (Å²) in [6.45, 7) is 4.95. The van der Waals surface area contributed by atoms with Gasteiger partial charge in [0.15, 0.2) is 11.5 Å². The second-order valence-electron chi connectivity index (χ2n) is 9.37. The van der Waals surface area contributed by atoms with Gasteiger partial charge in [-0.25, -0.2) is 0 Å². The molecule has 0 aliphatic heterocycles. The third-order valence-corrected chi connectivity index (χ3v) is 7.22. The van der Waals surface area contributed by atoms with Crippen LogP contribution in [0.5, 0.6) is 11.5 Å². The van der Waals surface area contributed by atoms with Crippen LogP contribution in [0.4, 0.5) is 0 Å². The Morgan fingerprint density at radius 2 is 1.83 bits per heavy atom. The van der Waals surface area contributed by atoms with Crippen LogP contribution in [0.1, 0.15) is 63.1 Å². The minimum Gasteiger partial charge on any atom is -0.493 e. The SMILES string of the molecule is CCCOc1ccc([C@H](C(=O)NC2CCC(C)CC2)N(Cc2ccccc2Cl)C(=O)CCl)cc1OC. The molecule has 2 amide bonds. The van der Waals surface area contributed by atoms with Crippen LogP contribution in [0.25, 0.3) is 0 Å². The van der Waals surface area contributed by atoms with E-state index in [1.807, 2.05) is 31.2 Å². The fourth-order valence-electron chi connectivity index (χ4n) is 4.55. The van der Waals surface area contributed by atoms with Gasteiger partial charge in [0.25, 0.3) is 0 Å². The summed E-state index contributed by atoms with van der Waals surface area (Å²) in [5.74, 6) is 0.877. The van der Waals surface area contributed by atoms with Crippen LogP contribution in [-0.4, -0.2) is 42.4 Å². The first-order chi connectivity index (χ1) is 17.4. The number of rotatable bonds is 11. The number of carbonyl (C=O) groups is 2. The number of nitrogens with one attached hydrogen (secondary N) is 1. The molecule has 36 heavy (non-hydrogen) atoms. The second kappa shape index (κ2) is 13.8. The van der Waals surface area contributed by atoms with Crippen LogP contribution in [-0.2, 0) is 16.1 Å². The van der Waals surface area contributed by atoms with Crippen molar-refractivity contribution in [3.63, 3.8) is 0 Å². The van der Waals surface area contributed by atoms with Crippen LogP contribution >= 0.6 is 23.2 Å². The summed E-state index contributed by atoms with van der Waals surface area (Å²) < 4.78 is 11.4. The predicted molar refractivity (Wildman–Crippen MR) is 144 cm³/mol. The molecule has 0 heterocycles. The van der Waals surface area contributed by atoms with Crippen molar-refractivity contribution in [1.82, 2.24) is 10.2 Å². The van der Waals surface area contributed by atoms with Crippen molar-refractivity contribution in [1.29, 1.82) is 0 Å². The molecule has 1 saturated carbocycles. The zero-order chi connectivity index (χ0) is 26.1. The number of nitrogens with zero attached hydrogens (tertiary/aromatic N) is 1. The van der Waals surface area contributed by atoms with Crippen molar-refractivity contribution in [3.8, 4) is 11.5 Å². The fourth-order valence-corrected chi connectivity index (χ4v) is 4.90. The molecule has 0 bridgehead atoms. The van der Waals surface area contributed by atoms with Gasteiger partial charge in [-0.1, -0.05) is 49.7 Å². The van der Waals surface area contributed by atoms with Crippen molar-refractivity contribution in [2.24, 2.45) is 5.92 Å². The summed E-state index contributed by atoms with van der Waals surface area (Å²) >= 11 is 12.5. The molecule has 0 aromatic heterocycles. The Labute approximate surface area is 224 Å². The van der Waals surface area contributed by atoms with E-state index in [-0.39, 0.29) is 30.3 Å². The highest BCUT2D eigenvalue weighted by Crippen LogP contribution is 2.34. The van der Waals surface area contributed by atoms with Crippen LogP contribution < -0.4 is 14.8 Å². The lowest BCUT2D eigenvalue weighted by Crippen LogP contribution is -2.47. The van der Waals surface area contributed by atoms with E-state index in [1.165, 1.54) is 4.90 Å². The van der Waals surface area contributed by atoms with Crippen molar-refractivity contribution in [3.05, 3.63) is 58.6 Å². The highest BCUT2D eigenvalue weighted by atomic mass is 35.5. The molecule has 0 radical (unpaired) electrons. The number of benzene rings is 2. The molecule has 0 spiro atoms. The standard InChI is InChI=1S/C28H36Cl2N2O4/c1-4-15-36-24-14-11-20(16-25(24)35-3)27(28(34)31-22-12-9-19(2)10-13-22)32(26(33)17-29)18-21-7-5-6-8-23(21)30/h5-8,11,14,16,19,22,27H,4,9-10,12-13,15,17-18H2,1-3H3,(H,31,34)/t19?,22?,27-/m1/s1. The van der Waals surface area contributed by atoms with Gasteiger partial charge in [-0.2, -0.15) is 0 Å². The lowest BCUT2D eigenvalue weighted by Gasteiger charge is -2.34. The molecule has 196 valence electrons. The van der Waals surface area contributed by atoms with Crippen molar-refractivity contribution in [2.75, 3.05) is 19.6 Å². The van der Waals surface area contributed by atoms with Gasteiger partial charge in [-0.3, -0.25) is 9.59 Å². The summed E-state index contributed by atoms with van der Waals surface area (Å²) in [5, 5.41) is 3.72. The van der Waals surface area contributed by atoms with E-state index < -0.39 is 6.04 Å². The summed E-state index contributed by atoms with van der Waals surface area (Å²) in [4.78, 5) is 28.5. The van der Waals surface area contributed by atoms with Crippen molar-refractivity contribution in [2.45, 2.75) is 64.6 Å². The number of ether oxygens (including phenoxy) is 2. The van der Waals surface area contributed by atoms with E-state index in [9.17, 15) is 9.59 Å². The smallest absolute Gasteiger partial charge is 0.247 e. The molecule has 0 saturated heterocycles. The second-order valence-corrected chi connectivity index (χ2v) is 10.0. The van der Waals surface area contributed by atoms with Gasteiger partial charge in [0, 0.05) is 17.6 Å². The molecule has 2 aromatic carbocycles. The zero-order valence-corrected chi connectivity index (χ0v) is 22.8. The predicted octanol–water partition coefficient (Wildman–Crippen LogP) is 6.14. The molecule has 8 heteroatoms. The van der Waals surface area contributed by atoms with E-state index in [4.69, 9.17) is 32.7 Å². The van der Waals surface area contributed by atoms with E-state index in [1.54, 1.807) is 25.3 Å². The van der Waals surface area contributed by atoms with Crippen molar-refractivity contribution >= 4 is 35.0 Å². The maximum atomic E-state index is 13.8. The fraction of sp³-hybridized carbons (Fsp3) is 0.500. The minimum absolute atomic E-state index is 0.0681. The highest BCUT2D eigenvalue weighted by Gasteiger charge is 2.34. The number of alkyl halides is 1. The van der Waals surface area contributed by atoms with Gasteiger partial charge < -0.3 is 19.7 Å². The Morgan fingerprint density at radius 1 is 1.11 bits per heavy atom. The summed E-state index contributed by atoms with van der Waals surface area (Å²) in [6, 6.07) is 11.8. The van der Waals surface area contributed by atoms with E-state index >= 15 is 0 Å². The minimum atomic E-state index is -0.916. The Kier molecular flexibility index (Phi) is 10.7. The monoisotopic (exact) mass is 534 g/mol. The first kappa shape index (κ1) is 28.1. The molecule has 0 unspecified atom stereocenters. The van der Waals surface area contributed by atoms with Gasteiger partial charge in [0.2, 0.25) is 11.8 Å². The number of halogens is 2. The molecular weight excluding hydrogens is 499 g/mol. The summed E-state index contributed by atoms with van der Waals surface area (Å²) in [5.41, 5.74) is 1.35. The zero-order valence-electron chi connectivity index (χ0n) is 21.3. The van der Waals surface area contributed by atoms with E-state index in [2.05, 4.69) is 12.2 Å². The van der Waals surface area contributed by atoms with E-state index in [0.29, 0.717) is 34.6 Å². The molecular formula is C28H36Cl2N2O4. The number of carbonyl (C=O) groups excluding carboxylic acids is 2. The largest absolute Gasteiger partial charge is 0.493 e. The molecule has 1 N–H and O–H groups in total.